The predicted molar refractivity (Wildman–Crippen MR) is 79.4 cm³/mol. The van der Waals surface area contributed by atoms with E-state index in [0.29, 0.717) is 11.7 Å². The SMILES string of the molecule is Clc1ccc([C@@H]2CCCN2c2ccc3nnnn3n2)cc1. The summed E-state index contributed by atoms with van der Waals surface area (Å²) in [5.74, 6) is 0.896. The van der Waals surface area contributed by atoms with Crippen LogP contribution in [-0.4, -0.2) is 31.8 Å². The summed E-state index contributed by atoms with van der Waals surface area (Å²) in [4.78, 5) is 2.30. The average Bonchev–Trinajstić information content (AvgIpc) is 3.16. The predicted octanol–water partition coefficient (Wildman–Crippen LogP) is 2.51. The third kappa shape index (κ3) is 2.21. The van der Waals surface area contributed by atoms with Crippen LogP contribution in [-0.2, 0) is 0 Å². The molecule has 3 heterocycles. The quantitative estimate of drug-likeness (QED) is 0.728. The second kappa shape index (κ2) is 4.96. The summed E-state index contributed by atoms with van der Waals surface area (Å²) in [6, 6.07) is 12.2. The van der Waals surface area contributed by atoms with Gasteiger partial charge in [0, 0.05) is 11.6 Å². The van der Waals surface area contributed by atoms with Crippen molar-refractivity contribution in [2.24, 2.45) is 0 Å². The van der Waals surface area contributed by atoms with Gasteiger partial charge < -0.3 is 4.90 Å². The summed E-state index contributed by atoms with van der Waals surface area (Å²) in [5.41, 5.74) is 1.91. The van der Waals surface area contributed by atoms with Gasteiger partial charge in [-0.25, -0.2) is 0 Å². The molecule has 0 amide bonds. The summed E-state index contributed by atoms with van der Waals surface area (Å²) >= 11 is 5.97. The van der Waals surface area contributed by atoms with Gasteiger partial charge in [0.15, 0.2) is 11.5 Å². The zero-order chi connectivity index (χ0) is 14.2. The van der Waals surface area contributed by atoms with Gasteiger partial charge >= 0.3 is 0 Å². The first-order chi connectivity index (χ1) is 10.3. The minimum absolute atomic E-state index is 0.323. The fourth-order valence-electron chi connectivity index (χ4n) is 2.87. The molecular weight excluding hydrogens is 288 g/mol. The fourth-order valence-corrected chi connectivity index (χ4v) is 2.99. The molecule has 7 heteroatoms. The molecule has 0 spiro atoms. The number of hydrogen-bond acceptors (Lipinski definition) is 5. The van der Waals surface area contributed by atoms with E-state index in [1.807, 2.05) is 24.3 Å². The Kier molecular flexibility index (Phi) is 2.96. The highest BCUT2D eigenvalue weighted by Gasteiger charge is 2.27. The van der Waals surface area contributed by atoms with Gasteiger partial charge in [0.25, 0.3) is 0 Å². The number of anilines is 1. The lowest BCUT2D eigenvalue weighted by atomic mass is 10.0. The minimum Gasteiger partial charge on any atom is -0.348 e. The first kappa shape index (κ1) is 12.5. The normalized spacial score (nSPS) is 18.5. The molecule has 1 aliphatic heterocycles. The molecule has 0 unspecified atom stereocenters. The largest absolute Gasteiger partial charge is 0.348 e. The molecule has 0 bridgehead atoms. The van der Waals surface area contributed by atoms with E-state index in [4.69, 9.17) is 11.6 Å². The summed E-state index contributed by atoms with van der Waals surface area (Å²) in [7, 11) is 0. The molecule has 3 aromatic rings. The maximum absolute atomic E-state index is 5.97. The molecule has 0 N–H and O–H groups in total. The van der Waals surface area contributed by atoms with Crippen molar-refractivity contribution in [3.05, 3.63) is 47.0 Å². The standard InChI is InChI=1S/C14H13ClN6/c15-11-5-3-10(4-6-11)12-2-1-9-20(12)14-8-7-13-16-18-19-21(13)17-14/h3-8,12H,1-2,9H2/t12-/m0/s1. The smallest absolute Gasteiger partial charge is 0.200 e. The van der Waals surface area contributed by atoms with E-state index in [9.17, 15) is 0 Å². The molecule has 1 fully saturated rings. The lowest BCUT2D eigenvalue weighted by molar-refractivity contribution is 0.679. The molecule has 1 atom stereocenters. The van der Waals surface area contributed by atoms with Crippen LogP contribution in [0.25, 0.3) is 5.65 Å². The molecule has 0 saturated carbocycles. The van der Waals surface area contributed by atoms with Crippen LogP contribution in [0.2, 0.25) is 5.02 Å². The minimum atomic E-state index is 0.323. The van der Waals surface area contributed by atoms with Gasteiger partial charge in [-0.1, -0.05) is 23.7 Å². The molecule has 1 aromatic carbocycles. The molecule has 1 saturated heterocycles. The molecule has 21 heavy (non-hydrogen) atoms. The lowest BCUT2D eigenvalue weighted by Crippen LogP contribution is -2.24. The number of halogens is 1. The van der Waals surface area contributed by atoms with E-state index in [-0.39, 0.29) is 0 Å². The number of rotatable bonds is 2. The van der Waals surface area contributed by atoms with Gasteiger partial charge in [0.2, 0.25) is 0 Å². The van der Waals surface area contributed by atoms with Crippen LogP contribution in [0.5, 0.6) is 0 Å². The van der Waals surface area contributed by atoms with Gasteiger partial charge in [0.1, 0.15) is 0 Å². The van der Waals surface area contributed by atoms with Gasteiger partial charge in [-0.05, 0) is 53.1 Å². The Morgan fingerprint density at radius 1 is 1.10 bits per heavy atom. The van der Waals surface area contributed by atoms with Crippen molar-refractivity contribution in [2.75, 3.05) is 11.4 Å². The van der Waals surface area contributed by atoms with Crippen LogP contribution in [0.1, 0.15) is 24.4 Å². The zero-order valence-corrected chi connectivity index (χ0v) is 12.0. The van der Waals surface area contributed by atoms with Crippen molar-refractivity contribution in [1.29, 1.82) is 0 Å². The maximum atomic E-state index is 5.97. The third-order valence-corrected chi connectivity index (χ3v) is 4.11. The van der Waals surface area contributed by atoms with Gasteiger partial charge in [-0.2, -0.15) is 0 Å². The van der Waals surface area contributed by atoms with Crippen LogP contribution >= 0.6 is 11.6 Å². The van der Waals surface area contributed by atoms with Crippen LogP contribution in [0.15, 0.2) is 36.4 Å². The number of fused-ring (bicyclic) bond motifs is 1. The van der Waals surface area contributed by atoms with Crippen LogP contribution < -0.4 is 4.90 Å². The van der Waals surface area contributed by atoms with Crippen molar-refractivity contribution in [3.8, 4) is 0 Å². The fraction of sp³-hybridized carbons (Fsp3) is 0.286. The number of nitrogens with zero attached hydrogens (tertiary/aromatic N) is 6. The van der Waals surface area contributed by atoms with E-state index in [0.717, 1.165) is 30.2 Å². The van der Waals surface area contributed by atoms with Gasteiger partial charge in [-0.15, -0.1) is 14.8 Å². The molecule has 0 aliphatic carbocycles. The van der Waals surface area contributed by atoms with Crippen molar-refractivity contribution in [1.82, 2.24) is 25.3 Å². The summed E-state index contributed by atoms with van der Waals surface area (Å²) in [6.07, 6.45) is 2.25. The van der Waals surface area contributed by atoms with Crippen molar-refractivity contribution >= 4 is 23.1 Å². The molecule has 2 aromatic heterocycles. The molecule has 1 aliphatic rings. The Balaban J connectivity index is 1.70. The van der Waals surface area contributed by atoms with Crippen molar-refractivity contribution < 1.29 is 0 Å². The molecule has 106 valence electrons. The topological polar surface area (TPSA) is 59.2 Å². The number of hydrogen-bond donors (Lipinski definition) is 0. The molecule has 4 rings (SSSR count). The second-order valence-electron chi connectivity index (χ2n) is 5.12. The Morgan fingerprint density at radius 2 is 1.95 bits per heavy atom. The average molecular weight is 301 g/mol. The van der Waals surface area contributed by atoms with E-state index in [1.165, 1.54) is 10.2 Å². The highest BCUT2D eigenvalue weighted by atomic mass is 35.5. The zero-order valence-electron chi connectivity index (χ0n) is 11.2. The summed E-state index contributed by atoms with van der Waals surface area (Å²) in [6.45, 7) is 0.980. The van der Waals surface area contributed by atoms with E-state index in [2.05, 4.69) is 37.7 Å². The van der Waals surface area contributed by atoms with E-state index in [1.54, 1.807) is 0 Å². The molecule has 6 nitrogen and oxygen atoms in total. The molecule has 0 radical (unpaired) electrons. The Morgan fingerprint density at radius 3 is 2.81 bits per heavy atom. The third-order valence-electron chi connectivity index (χ3n) is 3.86. The monoisotopic (exact) mass is 300 g/mol. The maximum Gasteiger partial charge on any atom is 0.200 e. The first-order valence-corrected chi connectivity index (χ1v) is 7.26. The van der Waals surface area contributed by atoms with Crippen molar-refractivity contribution in [2.45, 2.75) is 18.9 Å². The first-order valence-electron chi connectivity index (χ1n) is 6.89. The Bertz CT molecular complexity index is 768. The van der Waals surface area contributed by atoms with Crippen molar-refractivity contribution in [3.63, 3.8) is 0 Å². The Hall–Kier alpha value is -2.21. The van der Waals surface area contributed by atoms with Gasteiger partial charge in [-0.3, -0.25) is 0 Å². The number of aromatic nitrogens is 5. The molecular formula is C14H13ClN6. The van der Waals surface area contributed by atoms with E-state index < -0.39 is 0 Å². The van der Waals surface area contributed by atoms with Crippen LogP contribution in [0.4, 0.5) is 5.82 Å². The summed E-state index contributed by atoms with van der Waals surface area (Å²) < 4.78 is 1.46. The van der Waals surface area contributed by atoms with E-state index >= 15 is 0 Å². The number of tetrazole rings is 1. The lowest BCUT2D eigenvalue weighted by Gasteiger charge is -2.25. The van der Waals surface area contributed by atoms with Crippen LogP contribution in [0, 0.1) is 0 Å². The number of benzene rings is 1. The highest BCUT2D eigenvalue weighted by Crippen LogP contribution is 2.35. The second-order valence-corrected chi connectivity index (χ2v) is 5.56. The Labute approximate surface area is 126 Å². The highest BCUT2D eigenvalue weighted by molar-refractivity contribution is 6.30. The summed E-state index contributed by atoms with van der Waals surface area (Å²) in [5, 5.41) is 16.6. The van der Waals surface area contributed by atoms with Gasteiger partial charge in [0.05, 0.1) is 6.04 Å². The van der Waals surface area contributed by atoms with Crippen LogP contribution in [0.3, 0.4) is 0 Å².